The average Bonchev–Trinajstić information content (AvgIpc) is 2.96. The highest BCUT2D eigenvalue weighted by atomic mass is 16.6. The van der Waals surface area contributed by atoms with E-state index in [1.54, 1.807) is 0 Å². The number of nitrogens with zero attached hydrogens (tertiary/aromatic N) is 1. The van der Waals surface area contributed by atoms with Crippen molar-refractivity contribution in [2.24, 2.45) is 0 Å². The van der Waals surface area contributed by atoms with E-state index in [0.717, 1.165) is 16.9 Å². The number of para-hydroxylation sites is 1. The maximum Gasteiger partial charge on any atom is 0.410 e. The van der Waals surface area contributed by atoms with Crippen molar-refractivity contribution in [3.8, 4) is 5.75 Å². The number of aryl methyl sites for hydroxylation is 1. The van der Waals surface area contributed by atoms with E-state index in [4.69, 9.17) is 9.47 Å². The molecule has 1 heterocycles. The molecule has 0 aromatic heterocycles. The van der Waals surface area contributed by atoms with E-state index < -0.39 is 18.3 Å². The van der Waals surface area contributed by atoms with Crippen molar-refractivity contribution in [2.45, 2.75) is 25.7 Å². The molecular formula is C19H21NO4. The Labute approximate surface area is 141 Å². The number of hydrogen-bond donors (Lipinski definition) is 1. The van der Waals surface area contributed by atoms with Crippen molar-refractivity contribution in [1.82, 2.24) is 4.90 Å². The molecule has 0 saturated carbocycles. The van der Waals surface area contributed by atoms with E-state index >= 15 is 0 Å². The van der Waals surface area contributed by atoms with Gasteiger partial charge in [0.15, 0.2) is 0 Å². The maximum absolute atomic E-state index is 12.2. The van der Waals surface area contributed by atoms with Crippen LogP contribution in [0.5, 0.6) is 5.75 Å². The van der Waals surface area contributed by atoms with Crippen LogP contribution >= 0.6 is 0 Å². The molecule has 1 fully saturated rings. The van der Waals surface area contributed by atoms with Gasteiger partial charge in [-0.15, -0.1) is 0 Å². The second kappa shape index (κ2) is 7.36. The van der Waals surface area contributed by atoms with Crippen LogP contribution in [0, 0.1) is 6.92 Å². The molecule has 2 atom stereocenters. The summed E-state index contributed by atoms with van der Waals surface area (Å²) in [6.07, 6.45) is -1.61. The van der Waals surface area contributed by atoms with Crippen LogP contribution in [0.25, 0.3) is 0 Å². The molecule has 1 amide bonds. The molecule has 5 heteroatoms. The summed E-state index contributed by atoms with van der Waals surface area (Å²) in [7, 11) is 0. The molecule has 0 aliphatic carbocycles. The first-order chi connectivity index (χ1) is 11.6. The minimum atomic E-state index is -0.728. The summed E-state index contributed by atoms with van der Waals surface area (Å²) in [5.74, 6) is 0.723. The zero-order chi connectivity index (χ0) is 16.9. The zero-order valence-electron chi connectivity index (χ0n) is 13.6. The molecule has 2 aromatic rings. The Balaban J connectivity index is 1.55. The van der Waals surface area contributed by atoms with Gasteiger partial charge in [-0.1, -0.05) is 48.5 Å². The smallest absolute Gasteiger partial charge is 0.410 e. The summed E-state index contributed by atoms with van der Waals surface area (Å²) in [4.78, 5) is 13.6. The number of rotatable bonds is 4. The quantitative estimate of drug-likeness (QED) is 0.938. The molecule has 0 unspecified atom stereocenters. The van der Waals surface area contributed by atoms with Gasteiger partial charge in [0, 0.05) is 0 Å². The van der Waals surface area contributed by atoms with Gasteiger partial charge in [-0.25, -0.2) is 4.79 Å². The Morgan fingerprint density at radius 3 is 2.58 bits per heavy atom. The molecule has 1 saturated heterocycles. The van der Waals surface area contributed by atoms with Crippen molar-refractivity contribution in [3.63, 3.8) is 0 Å². The molecule has 2 aromatic carbocycles. The molecular weight excluding hydrogens is 306 g/mol. The second-order valence-electron chi connectivity index (χ2n) is 5.93. The van der Waals surface area contributed by atoms with Gasteiger partial charge in [0.1, 0.15) is 24.6 Å². The Kier molecular flexibility index (Phi) is 5.01. The first kappa shape index (κ1) is 16.3. The van der Waals surface area contributed by atoms with Gasteiger partial charge in [0.05, 0.1) is 13.1 Å². The Morgan fingerprint density at radius 2 is 1.83 bits per heavy atom. The lowest BCUT2D eigenvalue weighted by Crippen LogP contribution is -2.31. The summed E-state index contributed by atoms with van der Waals surface area (Å²) in [5, 5.41) is 10.2. The van der Waals surface area contributed by atoms with Crippen LogP contribution in [0.2, 0.25) is 0 Å². The minimum Gasteiger partial charge on any atom is -0.486 e. The number of hydrogen-bond acceptors (Lipinski definition) is 4. The van der Waals surface area contributed by atoms with Crippen molar-refractivity contribution in [3.05, 3.63) is 65.7 Å². The fourth-order valence-corrected chi connectivity index (χ4v) is 2.68. The number of aliphatic hydroxyl groups is 1. The van der Waals surface area contributed by atoms with E-state index in [-0.39, 0.29) is 13.2 Å². The second-order valence-corrected chi connectivity index (χ2v) is 5.93. The van der Waals surface area contributed by atoms with E-state index in [1.165, 1.54) is 4.90 Å². The van der Waals surface area contributed by atoms with Crippen molar-refractivity contribution in [1.29, 1.82) is 0 Å². The van der Waals surface area contributed by atoms with Gasteiger partial charge in [0.2, 0.25) is 0 Å². The fourth-order valence-electron chi connectivity index (χ4n) is 2.68. The van der Waals surface area contributed by atoms with Gasteiger partial charge in [-0.2, -0.15) is 0 Å². The third kappa shape index (κ3) is 3.86. The third-order valence-electron chi connectivity index (χ3n) is 4.07. The summed E-state index contributed by atoms with van der Waals surface area (Å²) in [6.45, 7) is 2.69. The number of amides is 1. The average molecular weight is 327 g/mol. The van der Waals surface area contributed by atoms with Crippen LogP contribution < -0.4 is 4.74 Å². The van der Waals surface area contributed by atoms with Gasteiger partial charge < -0.3 is 19.5 Å². The monoisotopic (exact) mass is 327 g/mol. The highest BCUT2D eigenvalue weighted by molar-refractivity contribution is 5.68. The van der Waals surface area contributed by atoms with Crippen LogP contribution in [0.15, 0.2) is 54.6 Å². The third-order valence-corrected chi connectivity index (χ3v) is 4.07. The summed E-state index contributed by atoms with van der Waals surface area (Å²) in [5.41, 5.74) is 1.92. The summed E-state index contributed by atoms with van der Waals surface area (Å²) >= 11 is 0. The van der Waals surface area contributed by atoms with E-state index in [9.17, 15) is 9.90 Å². The molecule has 126 valence electrons. The van der Waals surface area contributed by atoms with E-state index in [2.05, 4.69) is 0 Å². The number of likely N-dealkylation sites (tertiary alicyclic amines) is 1. The van der Waals surface area contributed by atoms with Crippen LogP contribution in [-0.2, 0) is 11.3 Å². The minimum absolute atomic E-state index is 0.212. The molecule has 24 heavy (non-hydrogen) atoms. The summed E-state index contributed by atoms with van der Waals surface area (Å²) in [6, 6.07) is 17.1. The molecule has 1 aliphatic heterocycles. The molecule has 0 radical (unpaired) electrons. The molecule has 3 rings (SSSR count). The van der Waals surface area contributed by atoms with Crippen LogP contribution in [0.1, 0.15) is 11.1 Å². The lowest BCUT2D eigenvalue weighted by molar-refractivity contribution is 0.0731. The van der Waals surface area contributed by atoms with Gasteiger partial charge in [-0.3, -0.25) is 0 Å². The lowest BCUT2D eigenvalue weighted by Gasteiger charge is -2.18. The number of aliphatic hydroxyl groups excluding tert-OH is 1. The van der Waals surface area contributed by atoms with Crippen molar-refractivity contribution in [2.75, 3.05) is 13.1 Å². The molecule has 1 N–H and O–H groups in total. The van der Waals surface area contributed by atoms with Crippen molar-refractivity contribution >= 4 is 6.09 Å². The van der Waals surface area contributed by atoms with Gasteiger partial charge in [0.25, 0.3) is 0 Å². The normalized spacial score (nSPS) is 20.0. The SMILES string of the molecule is Cc1ccccc1O[C@H]1CN(C(=O)OCc2ccccc2)C[C@@H]1O. The Hall–Kier alpha value is -2.53. The highest BCUT2D eigenvalue weighted by Crippen LogP contribution is 2.22. The largest absolute Gasteiger partial charge is 0.486 e. The predicted octanol–water partition coefficient (Wildman–Crippen LogP) is 2.76. The van der Waals surface area contributed by atoms with Crippen LogP contribution in [0.4, 0.5) is 4.79 Å². The van der Waals surface area contributed by atoms with E-state index in [1.807, 2.05) is 61.5 Å². The standard InChI is InChI=1S/C19H21NO4/c1-14-7-5-6-10-17(14)24-18-12-20(11-16(18)21)19(22)23-13-15-8-3-2-4-9-15/h2-10,16,18,21H,11-13H2,1H3/t16-,18-/m0/s1. The van der Waals surface area contributed by atoms with E-state index in [0.29, 0.717) is 6.54 Å². The number of carbonyl (C=O) groups excluding carboxylic acids is 1. The number of carbonyl (C=O) groups is 1. The number of β-amino-alcohol motifs (C(OH)–C–C–N with tert-alkyl or cyclic N) is 1. The lowest BCUT2D eigenvalue weighted by atomic mass is 10.2. The Morgan fingerprint density at radius 1 is 1.12 bits per heavy atom. The van der Waals surface area contributed by atoms with Gasteiger partial charge >= 0.3 is 6.09 Å². The first-order valence-corrected chi connectivity index (χ1v) is 7.99. The topological polar surface area (TPSA) is 59.0 Å². The summed E-state index contributed by atoms with van der Waals surface area (Å²) < 4.78 is 11.2. The first-order valence-electron chi connectivity index (χ1n) is 7.99. The molecule has 5 nitrogen and oxygen atoms in total. The predicted molar refractivity (Wildman–Crippen MR) is 89.8 cm³/mol. The van der Waals surface area contributed by atoms with Crippen LogP contribution in [-0.4, -0.2) is 41.4 Å². The molecule has 0 spiro atoms. The number of ether oxygens (including phenoxy) is 2. The highest BCUT2D eigenvalue weighted by Gasteiger charge is 2.36. The zero-order valence-corrected chi connectivity index (χ0v) is 13.6. The van der Waals surface area contributed by atoms with Crippen molar-refractivity contribution < 1.29 is 19.4 Å². The molecule has 1 aliphatic rings. The maximum atomic E-state index is 12.2. The van der Waals surface area contributed by atoms with Crippen LogP contribution in [0.3, 0.4) is 0 Å². The molecule has 0 bridgehead atoms. The Bertz CT molecular complexity index is 689. The fraction of sp³-hybridized carbons (Fsp3) is 0.316. The number of benzene rings is 2. The van der Waals surface area contributed by atoms with Gasteiger partial charge in [-0.05, 0) is 24.1 Å².